The minimum Gasteiger partial charge on any atom is -0.464 e. The van der Waals surface area contributed by atoms with Gasteiger partial charge in [0, 0.05) is 0 Å². The Kier molecular flexibility index (Phi) is 3.75. The fourth-order valence-electron chi connectivity index (χ4n) is 1.37. The Hall–Kier alpha value is -1.30. The number of anilines is 1. The van der Waals surface area contributed by atoms with Crippen LogP contribution in [0.1, 0.15) is 10.5 Å². The summed E-state index contributed by atoms with van der Waals surface area (Å²) in [5.74, 6) is -0.652. The van der Waals surface area contributed by atoms with E-state index in [0.717, 1.165) is 4.88 Å². The van der Waals surface area contributed by atoms with Gasteiger partial charge in [-0.2, -0.15) is 0 Å². The van der Waals surface area contributed by atoms with Crippen molar-refractivity contribution in [1.29, 1.82) is 0 Å². The van der Waals surface area contributed by atoms with Gasteiger partial charge in [-0.05, 0) is 11.4 Å². The van der Waals surface area contributed by atoms with Crippen molar-refractivity contribution >= 4 is 46.2 Å². The van der Waals surface area contributed by atoms with E-state index in [4.69, 9.17) is 28.9 Å². The third kappa shape index (κ3) is 2.16. The number of methoxy groups -OCH3 is 1. The molecule has 0 bridgehead atoms. The summed E-state index contributed by atoms with van der Waals surface area (Å²) < 4.78 is 4.60. The van der Waals surface area contributed by atoms with Crippen LogP contribution in [0.15, 0.2) is 17.5 Å². The second-order valence-electron chi connectivity index (χ2n) is 3.32. The first-order chi connectivity index (χ1) is 8.56. The average Bonchev–Trinajstić information content (AvgIpc) is 2.89. The van der Waals surface area contributed by atoms with Gasteiger partial charge in [0.15, 0.2) is 5.69 Å². The van der Waals surface area contributed by atoms with Crippen LogP contribution >= 0.6 is 34.5 Å². The molecular weight excluding hydrogens is 295 g/mol. The van der Waals surface area contributed by atoms with Crippen LogP contribution in [-0.2, 0) is 4.74 Å². The Morgan fingerprint density at radius 2 is 2.17 bits per heavy atom. The van der Waals surface area contributed by atoms with Gasteiger partial charge < -0.3 is 10.5 Å². The van der Waals surface area contributed by atoms with Gasteiger partial charge in [-0.3, -0.25) is 0 Å². The minimum absolute atomic E-state index is 0.00663. The quantitative estimate of drug-likeness (QED) is 0.863. The van der Waals surface area contributed by atoms with Gasteiger partial charge in [0.05, 0.1) is 27.7 Å². The molecule has 18 heavy (non-hydrogen) atoms. The molecule has 7 heteroatoms. The number of nitrogens with zero attached hydrogens (tertiary/aromatic N) is 1. The van der Waals surface area contributed by atoms with Gasteiger partial charge >= 0.3 is 5.97 Å². The summed E-state index contributed by atoms with van der Waals surface area (Å²) in [6.07, 6.45) is 0. The Morgan fingerprint density at radius 1 is 1.44 bits per heavy atom. The number of esters is 1. The van der Waals surface area contributed by atoms with E-state index >= 15 is 0 Å². The number of carbonyl (C=O) groups is 1. The normalized spacial score (nSPS) is 10.4. The van der Waals surface area contributed by atoms with Crippen molar-refractivity contribution in [3.05, 3.63) is 33.3 Å². The summed E-state index contributed by atoms with van der Waals surface area (Å²) in [5.41, 5.74) is 6.28. The van der Waals surface area contributed by atoms with Crippen molar-refractivity contribution < 1.29 is 9.53 Å². The van der Waals surface area contributed by atoms with Crippen molar-refractivity contribution in [3.8, 4) is 10.6 Å². The second kappa shape index (κ2) is 5.14. The molecule has 0 saturated heterocycles. The lowest BCUT2D eigenvalue weighted by Crippen LogP contribution is -2.08. The molecule has 0 radical (unpaired) electrons. The lowest BCUT2D eigenvalue weighted by atomic mass is 10.2. The van der Waals surface area contributed by atoms with Crippen LogP contribution in [-0.4, -0.2) is 18.1 Å². The average molecular weight is 303 g/mol. The van der Waals surface area contributed by atoms with Crippen LogP contribution in [0.25, 0.3) is 10.6 Å². The molecule has 0 aliphatic carbocycles. The molecule has 0 aliphatic rings. The van der Waals surface area contributed by atoms with Gasteiger partial charge in [0.25, 0.3) is 0 Å². The van der Waals surface area contributed by atoms with E-state index in [2.05, 4.69) is 9.72 Å². The highest BCUT2D eigenvalue weighted by atomic mass is 35.5. The molecule has 4 nitrogen and oxygen atoms in total. The summed E-state index contributed by atoms with van der Waals surface area (Å²) in [4.78, 5) is 16.5. The zero-order valence-electron chi connectivity index (χ0n) is 9.24. The summed E-state index contributed by atoms with van der Waals surface area (Å²) in [7, 11) is 1.25. The topological polar surface area (TPSA) is 65.2 Å². The Balaban J connectivity index is 2.69. The number of pyridine rings is 1. The van der Waals surface area contributed by atoms with E-state index < -0.39 is 5.97 Å². The zero-order valence-corrected chi connectivity index (χ0v) is 11.6. The molecule has 94 valence electrons. The Bertz CT molecular complexity index is 600. The van der Waals surface area contributed by atoms with Gasteiger partial charge in [-0.25, -0.2) is 9.78 Å². The number of nitrogen functional groups attached to an aromatic ring is 1. The highest BCUT2D eigenvalue weighted by Gasteiger charge is 2.21. The van der Waals surface area contributed by atoms with Gasteiger partial charge in [-0.15, -0.1) is 11.3 Å². The highest BCUT2D eigenvalue weighted by molar-refractivity contribution is 7.13. The molecule has 0 spiro atoms. The third-order valence-electron chi connectivity index (χ3n) is 2.25. The Labute approximate surface area is 117 Å². The zero-order chi connectivity index (χ0) is 13.3. The lowest BCUT2D eigenvalue weighted by molar-refractivity contribution is 0.0594. The fraction of sp³-hybridized carbons (Fsp3) is 0.0909. The maximum atomic E-state index is 11.6. The van der Waals surface area contributed by atoms with E-state index in [-0.39, 0.29) is 21.4 Å². The first-order valence-corrected chi connectivity index (χ1v) is 6.46. The van der Waals surface area contributed by atoms with Crippen molar-refractivity contribution in [2.24, 2.45) is 0 Å². The van der Waals surface area contributed by atoms with Crippen LogP contribution < -0.4 is 5.73 Å². The smallest absolute Gasteiger partial charge is 0.358 e. The van der Waals surface area contributed by atoms with Crippen LogP contribution in [0.4, 0.5) is 5.69 Å². The fourth-order valence-corrected chi connectivity index (χ4v) is 2.65. The molecule has 0 amide bonds. The summed E-state index contributed by atoms with van der Waals surface area (Å²) in [5, 5.41) is 2.11. The third-order valence-corrected chi connectivity index (χ3v) is 3.89. The van der Waals surface area contributed by atoms with Crippen LogP contribution in [0.5, 0.6) is 0 Å². The molecule has 2 rings (SSSR count). The van der Waals surface area contributed by atoms with E-state index in [1.165, 1.54) is 18.4 Å². The Morgan fingerprint density at radius 3 is 2.72 bits per heavy atom. The van der Waals surface area contributed by atoms with Gasteiger partial charge in [-0.1, -0.05) is 29.3 Å². The number of hydrogen-bond donors (Lipinski definition) is 1. The van der Waals surface area contributed by atoms with Crippen molar-refractivity contribution in [2.75, 3.05) is 12.8 Å². The molecule has 0 unspecified atom stereocenters. The molecule has 0 atom stereocenters. The molecule has 2 heterocycles. The van der Waals surface area contributed by atoms with Gasteiger partial charge in [0.1, 0.15) is 5.69 Å². The molecule has 0 aromatic carbocycles. The maximum Gasteiger partial charge on any atom is 0.358 e. The van der Waals surface area contributed by atoms with E-state index in [9.17, 15) is 4.79 Å². The van der Waals surface area contributed by atoms with Crippen molar-refractivity contribution in [3.63, 3.8) is 0 Å². The SMILES string of the molecule is COC(=O)c1nc(-c2cccs2)c(Cl)c(N)c1Cl. The number of hydrogen-bond acceptors (Lipinski definition) is 5. The monoisotopic (exact) mass is 302 g/mol. The minimum atomic E-state index is -0.652. The molecule has 0 aliphatic heterocycles. The highest BCUT2D eigenvalue weighted by Crippen LogP contribution is 2.38. The van der Waals surface area contributed by atoms with Crippen molar-refractivity contribution in [2.45, 2.75) is 0 Å². The van der Waals surface area contributed by atoms with Crippen molar-refractivity contribution in [1.82, 2.24) is 4.98 Å². The number of thiophene rings is 1. The molecule has 2 N–H and O–H groups in total. The lowest BCUT2D eigenvalue weighted by Gasteiger charge is -2.09. The number of aromatic nitrogens is 1. The molecule has 2 aromatic rings. The second-order valence-corrected chi connectivity index (χ2v) is 5.02. The number of nitrogens with two attached hydrogens (primary N) is 1. The molecule has 0 fully saturated rings. The number of carbonyl (C=O) groups excluding carboxylic acids is 1. The van der Waals surface area contributed by atoms with E-state index in [1.807, 2.05) is 17.5 Å². The van der Waals surface area contributed by atoms with E-state index in [0.29, 0.717) is 5.69 Å². The van der Waals surface area contributed by atoms with Crippen LogP contribution in [0, 0.1) is 0 Å². The number of rotatable bonds is 2. The van der Waals surface area contributed by atoms with Crippen LogP contribution in [0.2, 0.25) is 10.0 Å². The molecule has 2 aromatic heterocycles. The summed E-state index contributed by atoms with van der Waals surface area (Å²) >= 11 is 13.5. The largest absolute Gasteiger partial charge is 0.464 e. The van der Waals surface area contributed by atoms with Gasteiger partial charge in [0.2, 0.25) is 0 Å². The molecular formula is C11H8Cl2N2O2S. The molecule has 0 saturated carbocycles. The number of halogens is 2. The first-order valence-electron chi connectivity index (χ1n) is 4.83. The standard InChI is InChI=1S/C11H8Cl2N2O2S/c1-17-11(16)10-7(13)8(14)6(12)9(15-10)5-3-2-4-18-5/h2-4H,1H3,(H2,14,15). The van der Waals surface area contributed by atoms with Crippen LogP contribution in [0.3, 0.4) is 0 Å². The predicted molar refractivity (Wildman–Crippen MR) is 73.3 cm³/mol. The predicted octanol–water partition coefficient (Wildman–Crippen LogP) is 3.49. The first kappa shape index (κ1) is 13.1. The van der Waals surface area contributed by atoms with E-state index in [1.54, 1.807) is 0 Å². The summed E-state index contributed by atoms with van der Waals surface area (Å²) in [6.45, 7) is 0. The maximum absolute atomic E-state index is 11.6. The number of ether oxygens (including phenoxy) is 1. The summed E-state index contributed by atoms with van der Waals surface area (Å²) in [6, 6.07) is 3.67.